The molecule has 2 aliphatic rings. The van der Waals surface area contributed by atoms with Crippen molar-refractivity contribution >= 4 is 21.8 Å². The molecule has 0 aliphatic carbocycles. The summed E-state index contributed by atoms with van der Waals surface area (Å²) in [5.74, 6) is 0.336. The summed E-state index contributed by atoms with van der Waals surface area (Å²) in [5.41, 5.74) is 4.14. The van der Waals surface area contributed by atoms with Gasteiger partial charge in [0.2, 0.25) is 0 Å². The summed E-state index contributed by atoms with van der Waals surface area (Å²) in [6.07, 6.45) is 1.72. The molecule has 1 N–H and O–H groups in total. The molecule has 0 bridgehead atoms. The summed E-state index contributed by atoms with van der Waals surface area (Å²) in [4.78, 5) is 35.2. The third-order valence-electron chi connectivity index (χ3n) is 5.89. The van der Waals surface area contributed by atoms with E-state index in [-0.39, 0.29) is 5.69 Å². The number of fused-ring (bicyclic) bond motifs is 3. The first-order valence-electron chi connectivity index (χ1n) is 11.4. The maximum absolute atomic E-state index is 12.4. The van der Waals surface area contributed by atoms with E-state index >= 15 is 0 Å². The third kappa shape index (κ3) is 4.42. The lowest BCUT2D eigenvalue weighted by atomic mass is 10.0. The average Bonchev–Trinajstić information content (AvgIpc) is 2.81. The molecule has 6 nitrogen and oxygen atoms in total. The van der Waals surface area contributed by atoms with Gasteiger partial charge in [0, 0.05) is 6.54 Å². The Morgan fingerprint density at radius 3 is 2.39 bits per heavy atom. The minimum atomic E-state index is -0.647. The molecule has 0 aromatic heterocycles. The van der Waals surface area contributed by atoms with E-state index in [4.69, 9.17) is 0 Å². The molecule has 0 fully saturated rings. The van der Waals surface area contributed by atoms with E-state index in [0.29, 0.717) is 12.4 Å². The Bertz CT molecular complexity index is 1530. The van der Waals surface area contributed by atoms with E-state index in [1.165, 1.54) is 16.3 Å². The number of benzene rings is 3. The van der Waals surface area contributed by atoms with Crippen LogP contribution >= 0.6 is 0 Å². The number of nitrogens with zero attached hydrogens (tertiary/aromatic N) is 3. The van der Waals surface area contributed by atoms with Crippen molar-refractivity contribution in [3.63, 3.8) is 0 Å². The van der Waals surface area contributed by atoms with Crippen molar-refractivity contribution in [3.8, 4) is 11.5 Å². The van der Waals surface area contributed by atoms with Gasteiger partial charge in [0.25, 0.3) is 5.56 Å². The van der Waals surface area contributed by atoms with Crippen molar-refractivity contribution in [2.45, 2.75) is 47.1 Å². The number of H-pyrrole nitrogens is 1. The van der Waals surface area contributed by atoms with Crippen LogP contribution < -0.4 is 11.2 Å². The fraction of sp³-hybridized carbons (Fsp3) is 0.259. The Labute approximate surface area is 192 Å². The Balaban J connectivity index is 0.00000126. The standard InChI is InChI=1S/C25H22N4O2.C2H6/c1-15-12-20-21(13-16(15)2)29(23-22(26-20)24(30)28-25(31)27-23)11-5-6-17-9-10-18-7-3-4-8-19(18)14-17;1-2/h3-4,7-10,12-14H,5-6,11H2,1-2H3,(H,28,30,31);1-2H3. The van der Waals surface area contributed by atoms with Crippen LogP contribution in [0, 0.1) is 13.8 Å². The highest BCUT2D eigenvalue weighted by Crippen LogP contribution is 2.24. The molecule has 5 rings (SSSR count). The molecule has 0 atom stereocenters. The number of hydrogen-bond donors (Lipinski definition) is 1. The lowest BCUT2D eigenvalue weighted by molar-refractivity contribution is 0.649. The van der Waals surface area contributed by atoms with E-state index in [0.717, 1.165) is 35.0 Å². The van der Waals surface area contributed by atoms with Crippen LogP contribution in [0.3, 0.4) is 0 Å². The van der Waals surface area contributed by atoms with Crippen molar-refractivity contribution in [1.82, 2.24) is 19.5 Å². The molecule has 0 spiro atoms. The second-order valence-electron chi connectivity index (χ2n) is 8.02. The van der Waals surface area contributed by atoms with E-state index in [1.54, 1.807) is 0 Å². The predicted octanol–water partition coefficient (Wildman–Crippen LogP) is 5.01. The van der Waals surface area contributed by atoms with Gasteiger partial charge in [-0.05, 0) is 66.3 Å². The molecular formula is C27H28N4O2. The molecule has 168 valence electrons. The average molecular weight is 441 g/mol. The number of nitrogens with one attached hydrogen (secondary N) is 1. The SMILES string of the molecule is CC.Cc1cc2nc3c(=O)[nH]c(=O)nc-3n(CCCc3ccc4ccccc4c3)c2cc1C. The molecule has 0 amide bonds. The predicted molar refractivity (Wildman–Crippen MR) is 134 cm³/mol. The first-order valence-corrected chi connectivity index (χ1v) is 11.4. The highest BCUT2D eigenvalue weighted by molar-refractivity contribution is 5.83. The number of aryl methyl sites for hydroxylation is 4. The van der Waals surface area contributed by atoms with Gasteiger partial charge in [0.15, 0.2) is 11.5 Å². The Morgan fingerprint density at radius 2 is 1.61 bits per heavy atom. The lowest BCUT2D eigenvalue weighted by Crippen LogP contribution is -2.29. The Hall–Kier alpha value is -3.80. The Morgan fingerprint density at radius 1 is 0.879 bits per heavy atom. The van der Waals surface area contributed by atoms with Gasteiger partial charge < -0.3 is 4.57 Å². The van der Waals surface area contributed by atoms with Gasteiger partial charge >= 0.3 is 5.69 Å². The smallest absolute Gasteiger partial charge is 0.322 e. The van der Waals surface area contributed by atoms with Crippen LogP contribution in [0.4, 0.5) is 0 Å². The zero-order valence-corrected chi connectivity index (χ0v) is 19.5. The molecule has 33 heavy (non-hydrogen) atoms. The number of aromatic amines is 1. The van der Waals surface area contributed by atoms with E-state index in [9.17, 15) is 9.59 Å². The van der Waals surface area contributed by atoms with Gasteiger partial charge in [0.05, 0.1) is 11.0 Å². The fourth-order valence-electron chi connectivity index (χ4n) is 4.11. The van der Waals surface area contributed by atoms with E-state index < -0.39 is 11.2 Å². The molecule has 0 saturated carbocycles. The minimum Gasteiger partial charge on any atom is -0.322 e. The van der Waals surface area contributed by atoms with Crippen molar-refractivity contribution in [2.24, 2.45) is 0 Å². The van der Waals surface area contributed by atoms with Crippen LogP contribution in [-0.2, 0) is 13.0 Å². The summed E-state index contributed by atoms with van der Waals surface area (Å²) in [6.45, 7) is 8.69. The number of hydrogen-bond acceptors (Lipinski definition) is 4. The lowest BCUT2D eigenvalue weighted by Gasteiger charge is -2.18. The summed E-state index contributed by atoms with van der Waals surface area (Å²) < 4.78 is 1.96. The minimum absolute atomic E-state index is 0.195. The fourth-order valence-corrected chi connectivity index (χ4v) is 4.11. The van der Waals surface area contributed by atoms with Crippen molar-refractivity contribution in [2.75, 3.05) is 0 Å². The van der Waals surface area contributed by atoms with Gasteiger partial charge in [-0.1, -0.05) is 56.3 Å². The highest BCUT2D eigenvalue weighted by Gasteiger charge is 2.19. The van der Waals surface area contributed by atoms with Gasteiger partial charge in [0.1, 0.15) is 0 Å². The molecule has 2 heterocycles. The molecule has 0 unspecified atom stereocenters. The topological polar surface area (TPSA) is 80.6 Å². The summed E-state index contributed by atoms with van der Waals surface area (Å²) in [7, 11) is 0. The third-order valence-corrected chi connectivity index (χ3v) is 5.89. The zero-order valence-electron chi connectivity index (χ0n) is 19.5. The summed E-state index contributed by atoms with van der Waals surface area (Å²) in [5, 5.41) is 2.45. The molecule has 3 aromatic rings. The normalized spacial score (nSPS) is 11.0. The first kappa shape index (κ1) is 22.4. The van der Waals surface area contributed by atoms with Gasteiger partial charge in [-0.25, -0.2) is 9.78 Å². The van der Waals surface area contributed by atoms with Gasteiger partial charge in [-0.2, -0.15) is 4.98 Å². The summed E-state index contributed by atoms with van der Waals surface area (Å²) >= 11 is 0. The van der Waals surface area contributed by atoms with Crippen LogP contribution in [0.2, 0.25) is 0 Å². The molecule has 0 saturated heterocycles. The monoisotopic (exact) mass is 440 g/mol. The quantitative estimate of drug-likeness (QED) is 0.398. The van der Waals surface area contributed by atoms with Crippen LogP contribution in [0.25, 0.3) is 33.3 Å². The van der Waals surface area contributed by atoms with Crippen molar-refractivity contribution in [1.29, 1.82) is 0 Å². The number of rotatable bonds is 4. The van der Waals surface area contributed by atoms with E-state index in [1.807, 2.05) is 50.5 Å². The maximum Gasteiger partial charge on any atom is 0.349 e. The van der Waals surface area contributed by atoms with Crippen LogP contribution in [0.1, 0.15) is 37.0 Å². The van der Waals surface area contributed by atoms with Crippen LogP contribution in [0.5, 0.6) is 0 Å². The molecular weight excluding hydrogens is 412 g/mol. The van der Waals surface area contributed by atoms with Gasteiger partial charge in [-0.15, -0.1) is 0 Å². The van der Waals surface area contributed by atoms with Crippen molar-refractivity contribution in [3.05, 3.63) is 92.1 Å². The highest BCUT2D eigenvalue weighted by atomic mass is 16.2. The van der Waals surface area contributed by atoms with Crippen molar-refractivity contribution < 1.29 is 0 Å². The van der Waals surface area contributed by atoms with Crippen LogP contribution in [0.15, 0.2) is 64.2 Å². The first-order chi connectivity index (χ1) is 16.0. The molecule has 2 aliphatic heterocycles. The van der Waals surface area contributed by atoms with Crippen LogP contribution in [-0.4, -0.2) is 19.5 Å². The Kier molecular flexibility index (Phi) is 6.36. The zero-order chi connectivity index (χ0) is 23.5. The molecule has 0 radical (unpaired) electrons. The maximum atomic E-state index is 12.4. The number of aromatic nitrogens is 4. The second-order valence-corrected chi connectivity index (χ2v) is 8.02. The summed E-state index contributed by atoms with van der Waals surface area (Å²) in [6, 6.07) is 18.9. The van der Waals surface area contributed by atoms with E-state index in [2.05, 4.69) is 51.4 Å². The van der Waals surface area contributed by atoms with Gasteiger partial charge in [-0.3, -0.25) is 9.78 Å². The largest absolute Gasteiger partial charge is 0.349 e. The second kappa shape index (κ2) is 9.36. The molecule has 6 heteroatoms. The molecule has 3 aromatic carbocycles.